The van der Waals surface area contributed by atoms with E-state index in [0.29, 0.717) is 19.8 Å². The van der Waals surface area contributed by atoms with E-state index in [9.17, 15) is 0 Å². The van der Waals surface area contributed by atoms with Gasteiger partial charge in [-0.2, -0.15) is 0 Å². The molecule has 102 valence electrons. The molecular weight excluding hydrogens is 236 g/mol. The Kier molecular flexibility index (Phi) is 11.2. The molecule has 0 spiro atoms. The minimum Gasteiger partial charge on any atom is -0.432 e. The van der Waals surface area contributed by atoms with E-state index in [4.69, 9.17) is 19.0 Å². The topological polar surface area (TPSA) is 47.9 Å². The molecule has 0 unspecified atom stereocenters. The van der Waals surface area contributed by atoms with E-state index in [1.54, 1.807) is 0 Å². The van der Waals surface area contributed by atoms with Gasteiger partial charge in [0.1, 0.15) is 0 Å². The van der Waals surface area contributed by atoms with Crippen molar-refractivity contribution in [3.05, 3.63) is 0 Å². The molecule has 0 aliphatic heterocycles. The van der Waals surface area contributed by atoms with Gasteiger partial charge in [0.25, 0.3) is 5.97 Å². The molecule has 1 N–H and O–H groups in total. The van der Waals surface area contributed by atoms with Crippen LogP contribution in [-0.4, -0.2) is 40.4 Å². The summed E-state index contributed by atoms with van der Waals surface area (Å²) in [5, 5.41) is 0. The van der Waals surface area contributed by atoms with Crippen molar-refractivity contribution in [3.8, 4) is 0 Å². The van der Waals surface area contributed by atoms with Gasteiger partial charge >= 0.3 is 0 Å². The van der Waals surface area contributed by atoms with Crippen LogP contribution in [0.5, 0.6) is 0 Å². The maximum atomic E-state index is 8.73. The lowest BCUT2D eigenvalue weighted by Crippen LogP contribution is -2.39. The quantitative estimate of drug-likeness (QED) is 0.333. The highest BCUT2D eigenvalue weighted by Crippen LogP contribution is 2.23. The SMILES string of the molecule is CCOC(CCCCC[Si]O)(OCC)OCC. The minimum absolute atomic E-state index is 0.0629. The molecule has 0 saturated heterocycles. The Bertz CT molecular complexity index is 150. The van der Waals surface area contributed by atoms with E-state index in [2.05, 4.69) is 0 Å². The van der Waals surface area contributed by atoms with Crippen molar-refractivity contribution in [1.82, 2.24) is 0 Å². The van der Waals surface area contributed by atoms with E-state index in [-0.39, 0.29) is 9.76 Å². The van der Waals surface area contributed by atoms with Crippen LogP contribution < -0.4 is 0 Å². The van der Waals surface area contributed by atoms with E-state index in [1.165, 1.54) is 0 Å². The summed E-state index contributed by atoms with van der Waals surface area (Å²) in [6.07, 6.45) is 3.86. The molecule has 4 nitrogen and oxygen atoms in total. The molecule has 0 rings (SSSR count). The van der Waals surface area contributed by atoms with E-state index >= 15 is 0 Å². The fourth-order valence-corrected chi connectivity index (χ4v) is 2.13. The van der Waals surface area contributed by atoms with Crippen molar-refractivity contribution in [2.24, 2.45) is 0 Å². The first-order chi connectivity index (χ1) is 8.24. The predicted octanol–water partition coefficient (Wildman–Crippen LogP) is 2.34. The van der Waals surface area contributed by atoms with Crippen molar-refractivity contribution >= 4 is 9.76 Å². The zero-order chi connectivity index (χ0) is 13.0. The second kappa shape index (κ2) is 11.2. The Balaban J connectivity index is 4.05. The number of unbranched alkanes of at least 4 members (excludes halogenated alkanes) is 2. The Morgan fingerprint density at radius 3 is 1.82 bits per heavy atom. The molecule has 0 heterocycles. The second-order valence-electron chi connectivity index (χ2n) is 3.70. The monoisotopic (exact) mass is 262 g/mol. The molecular formula is C12H26O4Si. The van der Waals surface area contributed by atoms with E-state index in [0.717, 1.165) is 31.7 Å². The summed E-state index contributed by atoms with van der Waals surface area (Å²) in [7, 11) is 0.0629. The van der Waals surface area contributed by atoms with Crippen LogP contribution in [0.15, 0.2) is 0 Å². The molecule has 2 radical (unpaired) electrons. The van der Waals surface area contributed by atoms with Gasteiger partial charge in [0, 0.05) is 26.2 Å². The number of rotatable bonds is 12. The van der Waals surface area contributed by atoms with Crippen molar-refractivity contribution in [2.75, 3.05) is 19.8 Å². The molecule has 5 heteroatoms. The lowest BCUT2D eigenvalue weighted by Gasteiger charge is -2.32. The predicted molar refractivity (Wildman–Crippen MR) is 68.9 cm³/mol. The first-order valence-corrected chi connectivity index (χ1v) is 7.68. The molecule has 0 saturated carbocycles. The van der Waals surface area contributed by atoms with Crippen LogP contribution >= 0.6 is 0 Å². The molecule has 0 fully saturated rings. The fourth-order valence-electron chi connectivity index (χ4n) is 1.72. The lowest BCUT2D eigenvalue weighted by atomic mass is 10.2. The van der Waals surface area contributed by atoms with Crippen molar-refractivity contribution < 1.29 is 19.0 Å². The molecule has 0 aliphatic carbocycles. The van der Waals surface area contributed by atoms with Gasteiger partial charge in [-0.05, 0) is 33.2 Å². The molecule has 0 bridgehead atoms. The summed E-state index contributed by atoms with van der Waals surface area (Å²) < 4.78 is 16.9. The molecule has 0 aromatic rings. The first kappa shape index (κ1) is 17.1. The third kappa shape index (κ3) is 7.89. The Morgan fingerprint density at radius 2 is 1.41 bits per heavy atom. The van der Waals surface area contributed by atoms with Gasteiger partial charge in [-0.1, -0.05) is 12.8 Å². The normalized spacial score (nSPS) is 12.0. The smallest absolute Gasteiger partial charge is 0.282 e. The van der Waals surface area contributed by atoms with Crippen molar-refractivity contribution in [2.45, 2.75) is 58.5 Å². The zero-order valence-electron chi connectivity index (χ0n) is 11.3. The van der Waals surface area contributed by atoms with Gasteiger partial charge in [-0.3, -0.25) is 0 Å². The molecule has 0 aliphatic rings. The van der Waals surface area contributed by atoms with Gasteiger partial charge < -0.3 is 19.0 Å². The fraction of sp³-hybridized carbons (Fsp3) is 1.00. The van der Waals surface area contributed by atoms with Crippen LogP contribution in [-0.2, 0) is 14.2 Å². The highest BCUT2D eigenvalue weighted by atomic mass is 28.2. The maximum Gasteiger partial charge on any atom is 0.282 e. The summed E-state index contributed by atoms with van der Waals surface area (Å²) >= 11 is 0. The standard InChI is InChI=1S/C12H26O4Si/c1-4-14-12(15-5-2,16-6-3)10-8-7-9-11-17-13/h13H,4-11H2,1-3H3. The Hall–Kier alpha value is 0.0569. The highest BCUT2D eigenvalue weighted by molar-refractivity contribution is 6.25. The molecule has 0 aromatic carbocycles. The second-order valence-corrected chi connectivity index (χ2v) is 4.52. The summed E-state index contributed by atoms with van der Waals surface area (Å²) in [5.41, 5.74) is 0. The molecule has 0 atom stereocenters. The average molecular weight is 262 g/mol. The third-order valence-corrected chi connectivity index (χ3v) is 2.94. The first-order valence-electron chi connectivity index (χ1n) is 6.53. The Morgan fingerprint density at radius 1 is 0.882 bits per heavy atom. The maximum absolute atomic E-state index is 8.73. The molecule has 0 aromatic heterocycles. The molecule has 17 heavy (non-hydrogen) atoms. The van der Waals surface area contributed by atoms with Gasteiger partial charge in [0.15, 0.2) is 0 Å². The summed E-state index contributed by atoms with van der Waals surface area (Å²) in [4.78, 5) is 8.73. The zero-order valence-corrected chi connectivity index (χ0v) is 12.3. The number of ether oxygens (including phenoxy) is 3. The summed E-state index contributed by atoms with van der Waals surface area (Å²) in [6, 6.07) is 0.894. The molecule has 0 amide bonds. The third-order valence-electron chi connectivity index (χ3n) is 2.36. The largest absolute Gasteiger partial charge is 0.432 e. The van der Waals surface area contributed by atoms with Gasteiger partial charge in [0.2, 0.25) is 9.76 Å². The Labute approximate surface area is 108 Å². The highest BCUT2D eigenvalue weighted by Gasteiger charge is 2.31. The van der Waals surface area contributed by atoms with Crippen LogP contribution in [0.4, 0.5) is 0 Å². The average Bonchev–Trinajstić information content (AvgIpc) is 2.30. The number of hydrogen-bond acceptors (Lipinski definition) is 4. The van der Waals surface area contributed by atoms with Crippen LogP contribution in [0.2, 0.25) is 6.04 Å². The summed E-state index contributed by atoms with van der Waals surface area (Å²) in [6.45, 7) is 7.58. The van der Waals surface area contributed by atoms with Crippen LogP contribution in [0.25, 0.3) is 0 Å². The van der Waals surface area contributed by atoms with Crippen molar-refractivity contribution in [3.63, 3.8) is 0 Å². The van der Waals surface area contributed by atoms with Gasteiger partial charge in [0.05, 0.1) is 0 Å². The van der Waals surface area contributed by atoms with Gasteiger partial charge in [-0.15, -0.1) is 0 Å². The van der Waals surface area contributed by atoms with E-state index < -0.39 is 5.97 Å². The lowest BCUT2D eigenvalue weighted by molar-refractivity contribution is -0.380. The number of hydrogen-bond donors (Lipinski definition) is 1. The van der Waals surface area contributed by atoms with Gasteiger partial charge in [-0.25, -0.2) is 0 Å². The van der Waals surface area contributed by atoms with Crippen LogP contribution in [0, 0.1) is 0 Å². The van der Waals surface area contributed by atoms with Crippen molar-refractivity contribution in [1.29, 1.82) is 0 Å². The van der Waals surface area contributed by atoms with Crippen LogP contribution in [0.1, 0.15) is 46.5 Å². The van der Waals surface area contributed by atoms with Crippen LogP contribution in [0.3, 0.4) is 0 Å². The summed E-state index contributed by atoms with van der Waals surface area (Å²) in [5.74, 6) is -0.861. The minimum atomic E-state index is -0.861. The van der Waals surface area contributed by atoms with E-state index in [1.807, 2.05) is 20.8 Å².